The molecule has 0 fully saturated rings. The van der Waals surface area contributed by atoms with Crippen LogP contribution in [-0.4, -0.2) is 31.3 Å². The van der Waals surface area contributed by atoms with Crippen LogP contribution in [0.5, 0.6) is 11.5 Å². The highest BCUT2D eigenvalue weighted by Crippen LogP contribution is 2.56. The molecule has 7 heteroatoms. The second kappa shape index (κ2) is 9.62. The number of rotatable bonds is 2. The fraction of sp³-hybridized carbons (Fsp3) is 0.244. The summed E-state index contributed by atoms with van der Waals surface area (Å²) in [4.78, 5) is 18.1. The lowest BCUT2D eigenvalue weighted by Gasteiger charge is -2.45. The largest absolute Gasteiger partial charge is 0.463 e. The van der Waals surface area contributed by atoms with Crippen molar-refractivity contribution in [2.75, 3.05) is 23.9 Å². The number of hydrogen-bond acceptors (Lipinski definition) is 7. The number of hydrogen-bond donors (Lipinski definition) is 0. The van der Waals surface area contributed by atoms with E-state index < -0.39 is 22.3 Å². The molecule has 0 saturated heterocycles. The topological polar surface area (TPSA) is 89.6 Å². The zero-order valence-electron chi connectivity index (χ0n) is 27.8. The van der Waals surface area contributed by atoms with Gasteiger partial charge in [-0.25, -0.2) is 0 Å². The number of nitrogens with zero attached hydrogens (tertiary/aromatic N) is 4. The normalized spacial score (nSPS) is 23.0. The summed E-state index contributed by atoms with van der Waals surface area (Å²) in [6.07, 6.45) is 8.19. The summed E-state index contributed by atoms with van der Waals surface area (Å²) in [7, 11) is 4.02. The van der Waals surface area contributed by atoms with Crippen molar-refractivity contribution in [1.82, 2.24) is 0 Å². The molecule has 4 heterocycles. The average molecular weight is 631 g/mol. The van der Waals surface area contributed by atoms with Crippen LogP contribution in [0.4, 0.5) is 11.4 Å². The third-order valence-electron chi connectivity index (χ3n) is 11.2. The number of ether oxygens (including phenoxy) is 2. The molecule has 4 aromatic carbocycles. The molecule has 2 unspecified atom stereocenters. The van der Waals surface area contributed by atoms with E-state index in [1.165, 1.54) is 0 Å². The van der Waals surface area contributed by atoms with Crippen molar-refractivity contribution < 1.29 is 14.3 Å². The molecule has 0 radical (unpaired) electrons. The maximum absolute atomic E-state index is 13.8. The van der Waals surface area contributed by atoms with Gasteiger partial charge >= 0.3 is 0 Å². The van der Waals surface area contributed by atoms with Crippen molar-refractivity contribution in [2.45, 2.75) is 50.0 Å². The summed E-state index contributed by atoms with van der Waals surface area (Å²) in [6.45, 7) is 8.54. The molecule has 4 aliphatic rings. The number of nitriles is 2. The second-order valence-corrected chi connectivity index (χ2v) is 14.2. The minimum absolute atomic E-state index is 0.0903. The van der Waals surface area contributed by atoms with Gasteiger partial charge in [-0.2, -0.15) is 10.5 Å². The number of carbonyl (C=O) groups excluding carboxylic acids is 1. The van der Waals surface area contributed by atoms with Gasteiger partial charge in [-0.3, -0.25) is 4.79 Å². The van der Waals surface area contributed by atoms with Gasteiger partial charge in [0.1, 0.15) is 11.5 Å². The zero-order chi connectivity index (χ0) is 33.8. The number of carbonyl (C=O) groups is 1. The summed E-state index contributed by atoms with van der Waals surface area (Å²) in [5, 5.41) is 19.0. The Morgan fingerprint density at radius 3 is 1.44 bits per heavy atom. The van der Waals surface area contributed by atoms with Crippen molar-refractivity contribution in [3.05, 3.63) is 129 Å². The van der Waals surface area contributed by atoms with Gasteiger partial charge in [0.2, 0.25) is 11.4 Å². The lowest BCUT2D eigenvalue weighted by molar-refractivity contribution is 0.0581. The highest BCUT2D eigenvalue weighted by molar-refractivity contribution is 6.10. The van der Waals surface area contributed by atoms with E-state index in [2.05, 4.69) is 61.8 Å². The Morgan fingerprint density at radius 1 is 0.625 bits per heavy atom. The van der Waals surface area contributed by atoms with E-state index in [0.717, 1.165) is 33.6 Å². The summed E-state index contributed by atoms with van der Waals surface area (Å²) in [5.41, 5.74) is 5.73. The van der Waals surface area contributed by atoms with Crippen LogP contribution in [-0.2, 0) is 10.8 Å². The van der Waals surface area contributed by atoms with Gasteiger partial charge in [0, 0.05) is 47.7 Å². The Labute approximate surface area is 280 Å². The van der Waals surface area contributed by atoms with E-state index in [-0.39, 0.29) is 5.78 Å². The molecule has 4 aliphatic heterocycles. The van der Waals surface area contributed by atoms with E-state index in [0.29, 0.717) is 33.8 Å². The minimum atomic E-state index is -0.786. The number of likely N-dealkylation sites (N-methyl/N-ethyl adjacent to an activating group) is 2. The second-order valence-electron chi connectivity index (χ2n) is 14.2. The van der Waals surface area contributed by atoms with Gasteiger partial charge in [0.15, 0.2) is 5.78 Å². The maximum atomic E-state index is 13.8. The molecule has 8 rings (SSSR count). The predicted octanol–water partition coefficient (Wildman–Crippen LogP) is 7.72. The molecule has 48 heavy (non-hydrogen) atoms. The molecule has 2 spiro atoms. The van der Waals surface area contributed by atoms with Gasteiger partial charge in [-0.15, -0.1) is 0 Å². The molecule has 0 saturated carbocycles. The third-order valence-corrected chi connectivity index (χ3v) is 11.2. The first-order valence-electron chi connectivity index (χ1n) is 16.0. The molecule has 4 aromatic rings. The highest BCUT2D eigenvalue weighted by atomic mass is 16.5. The Bertz CT molecular complexity index is 2090. The fourth-order valence-corrected chi connectivity index (χ4v) is 8.21. The summed E-state index contributed by atoms with van der Waals surface area (Å²) in [6, 6.07) is 27.2. The van der Waals surface area contributed by atoms with Crippen molar-refractivity contribution in [3.8, 4) is 23.6 Å². The van der Waals surface area contributed by atoms with Gasteiger partial charge in [0.25, 0.3) is 0 Å². The first-order valence-corrected chi connectivity index (χ1v) is 16.0. The van der Waals surface area contributed by atoms with Gasteiger partial charge in [-0.1, -0.05) is 0 Å². The SMILES string of the molecule is CN1c2ccc(C#N)cc2C(C)(C)C12C=Cc1cc(C(=O)c3ccc4c(c3)C=CC3(O4)N(C)c4ccc(C#N)cc4C3(C)C)ccc1O2. The molecule has 0 N–H and O–H groups in total. The van der Waals surface area contributed by atoms with E-state index in [1.54, 1.807) is 0 Å². The Kier molecular flexibility index (Phi) is 5.93. The Hall–Kier alpha value is -5.79. The highest BCUT2D eigenvalue weighted by Gasteiger charge is 2.59. The molecule has 0 bridgehead atoms. The van der Waals surface area contributed by atoms with Crippen molar-refractivity contribution in [3.63, 3.8) is 0 Å². The molecule has 2 atom stereocenters. The van der Waals surface area contributed by atoms with Crippen LogP contribution in [0.1, 0.15) is 77.0 Å². The quantitative estimate of drug-likeness (QED) is 0.210. The first kappa shape index (κ1) is 29.6. The molecular formula is C41H34N4O3. The van der Waals surface area contributed by atoms with E-state index >= 15 is 0 Å². The zero-order valence-corrected chi connectivity index (χ0v) is 27.8. The number of ketones is 1. The van der Waals surface area contributed by atoms with Gasteiger partial charge < -0.3 is 19.3 Å². The molecular weight excluding hydrogens is 596 g/mol. The van der Waals surface area contributed by atoms with Crippen molar-refractivity contribution in [2.24, 2.45) is 0 Å². The summed E-state index contributed by atoms with van der Waals surface area (Å²) >= 11 is 0. The predicted molar refractivity (Wildman–Crippen MR) is 186 cm³/mol. The Balaban J connectivity index is 1.07. The van der Waals surface area contributed by atoms with Crippen LogP contribution in [0.15, 0.2) is 84.9 Å². The Morgan fingerprint density at radius 2 is 1.04 bits per heavy atom. The average Bonchev–Trinajstić information content (AvgIpc) is 3.36. The van der Waals surface area contributed by atoms with Crippen LogP contribution in [0.3, 0.4) is 0 Å². The van der Waals surface area contributed by atoms with Crippen LogP contribution in [0.25, 0.3) is 12.2 Å². The standard InChI is InChI=1S/C41H34N4O3/c1-38(2)31-19-25(23-42)7-11-33(31)44(5)40(38)17-15-27-21-29(9-13-35(27)47-40)37(46)30-10-14-36-28(22-30)16-18-41(48-36)39(3,4)32-20-26(24-43)8-12-34(32)45(41)6/h7-22H,1-6H3. The third kappa shape index (κ3) is 3.65. The summed E-state index contributed by atoms with van der Waals surface area (Å²) < 4.78 is 13.6. The smallest absolute Gasteiger partial charge is 0.211 e. The summed E-state index contributed by atoms with van der Waals surface area (Å²) in [5.74, 6) is 1.30. The van der Waals surface area contributed by atoms with Crippen LogP contribution < -0.4 is 19.3 Å². The lowest BCUT2D eigenvalue weighted by Crippen LogP contribution is -2.58. The molecule has 0 amide bonds. The molecule has 0 aromatic heterocycles. The first-order chi connectivity index (χ1) is 22.9. The monoisotopic (exact) mass is 630 g/mol. The number of benzene rings is 4. The van der Waals surface area contributed by atoms with Crippen molar-refractivity contribution in [1.29, 1.82) is 10.5 Å². The van der Waals surface area contributed by atoms with Gasteiger partial charge in [-0.05, 0) is 136 Å². The lowest BCUT2D eigenvalue weighted by atomic mass is 9.76. The van der Waals surface area contributed by atoms with Crippen LogP contribution >= 0.6 is 0 Å². The van der Waals surface area contributed by atoms with E-state index in [9.17, 15) is 15.3 Å². The molecule has 0 aliphatic carbocycles. The maximum Gasteiger partial charge on any atom is 0.211 e. The van der Waals surface area contributed by atoms with Gasteiger partial charge in [0.05, 0.1) is 34.1 Å². The van der Waals surface area contributed by atoms with Crippen LogP contribution in [0.2, 0.25) is 0 Å². The van der Waals surface area contributed by atoms with Crippen LogP contribution in [0, 0.1) is 22.7 Å². The number of anilines is 2. The van der Waals surface area contributed by atoms with E-state index in [4.69, 9.17) is 9.47 Å². The van der Waals surface area contributed by atoms with E-state index in [1.807, 2.05) is 99.0 Å². The fourth-order valence-electron chi connectivity index (χ4n) is 8.21. The number of fused-ring (bicyclic) bond motifs is 4. The van der Waals surface area contributed by atoms with Crippen molar-refractivity contribution >= 4 is 29.3 Å². The molecule has 7 nitrogen and oxygen atoms in total. The minimum Gasteiger partial charge on any atom is -0.463 e. The molecule has 236 valence electrons.